The molecule has 1 heterocycles. The number of nitrogens with zero attached hydrogens (tertiary/aromatic N) is 3. The van der Waals surface area contributed by atoms with Gasteiger partial charge in [-0.05, 0) is 44.5 Å². The summed E-state index contributed by atoms with van der Waals surface area (Å²) in [6, 6.07) is 8.83. The molecule has 1 amide bonds. The molecule has 0 aliphatic carbocycles. The van der Waals surface area contributed by atoms with Crippen LogP contribution in [0.25, 0.3) is 12.2 Å². The zero-order valence-corrected chi connectivity index (χ0v) is 17.5. The molecular weight excluding hydrogens is 390 g/mol. The van der Waals surface area contributed by atoms with E-state index in [1.165, 1.54) is 10.6 Å². The normalized spacial score (nSPS) is 11.9. The lowest BCUT2D eigenvalue weighted by atomic mass is 10.1. The molecule has 0 N–H and O–H groups in total. The largest absolute Gasteiger partial charge is 0.463 e. The first kappa shape index (κ1) is 22.1. The first-order chi connectivity index (χ1) is 13.9. The Labute approximate surface area is 172 Å². The van der Waals surface area contributed by atoms with Crippen LogP contribution in [0.15, 0.2) is 29.1 Å². The molecule has 7 nitrogen and oxygen atoms in total. The Hall–Kier alpha value is -3.18. The van der Waals surface area contributed by atoms with Crippen molar-refractivity contribution in [2.75, 3.05) is 19.7 Å². The van der Waals surface area contributed by atoms with E-state index in [0.717, 1.165) is 16.9 Å². The van der Waals surface area contributed by atoms with Crippen molar-refractivity contribution in [2.24, 2.45) is 0 Å². The fourth-order valence-electron chi connectivity index (χ4n) is 2.69. The van der Waals surface area contributed by atoms with Gasteiger partial charge in [0.1, 0.15) is 11.2 Å². The van der Waals surface area contributed by atoms with Gasteiger partial charge >= 0.3 is 5.97 Å². The summed E-state index contributed by atoms with van der Waals surface area (Å²) in [5.41, 5.74) is 0.912. The lowest BCUT2D eigenvalue weighted by Gasteiger charge is -2.18. The number of aromatic nitrogens is 1. The molecule has 0 bridgehead atoms. The van der Waals surface area contributed by atoms with Gasteiger partial charge in [-0.3, -0.25) is 14.2 Å². The zero-order chi connectivity index (χ0) is 21.4. The number of hydrogen-bond acceptors (Lipinski definition) is 6. The Morgan fingerprint density at radius 2 is 1.86 bits per heavy atom. The first-order valence-corrected chi connectivity index (χ1v) is 10.1. The third-order valence-corrected chi connectivity index (χ3v) is 5.27. The van der Waals surface area contributed by atoms with Crippen molar-refractivity contribution in [2.45, 2.75) is 27.3 Å². The van der Waals surface area contributed by atoms with Gasteiger partial charge in [0, 0.05) is 13.1 Å². The molecule has 0 atom stereocenters. The smallest absolute Gasteiger partial charge is 0.333 e. The van der Waals surface area contributed by atoms with Crippen LogP contribution >= 0.6 is 11.3 Å². The minimum Gasteiger partial charge on any atom is -0.463 e. The summed E-state index contributed by atoms with van der Waals surface area (Å²) in [7, 11) is 0. The average molecular weight is 413 g/mol. The van der Waals surface area contributed by atoms with Crippen LogP contribution in [0.3, 0.4) is 0 Å². The van der Waals surface area contributed by atoms with E-state index in [9.17, 15) is 14.4 Å². The van der Waals surface area contributed by atoms with Crippen LogP contribution in [-0.4, -0.2) is 41.0 Å². The Morgan fingerprint density at radius 3 is 2.41 bits per heavy atom. The van der Waals surface area contributed by atoms with Gasteiger partial charge < -0.3 is 9.64 Å². The van der Waals surface area contributed by atoms with Crippen molar-refractivity contribution in [1.82, 2.24) is 9.47 Å². The van der Waals surface area contributed by atoms with Gasteiger partial charge in [0.2, 0.25) is 5.91 Å². The van der Waals surface area contributed by atoms with Crippen LogP contribution in [0, 0.1) is 11.3 Å². The fraction of sp³-hybridized carbons (Fsp3) is 0.333. The van der Waals surface area contributed by atoms with Gasteiger partial charge in [0.15, 0.2) is 0 Å². The zero-order valence-electron chi connectivity index (χ0n) is 16.7. The van der Waals surface area contributed by atoms with Crippen molar-refractivity contribution in [3.8, 4) is 6.07 Å². The second kappa shape index (κ2) is 10.4. The predicted molar refractivity (Wildman–Crippen MR) is 112 cm³/mol. The summed E-state index contributed by atoms with van der Waals surface area (Å²) in [4.78, 5) is 39.0. The highest BCUT2D eigenvalue weighted by Crippen LogP contribution is 2.03. The number of hydrogen-bond donors (Lipinski definition) is 0. The van der Waals surface area contributed by atoms with Crippen LogP contribution < -0.4 is 14.8 Å². The lowest BCUT2D eigenvalue weighted by Crippen LogP contribution is -2.40. The summed E-state index contributed by atoms with van der Waals surface area (Å²) < 4.78 is 6.99. The SMILES string of the molecule is CCOC(=O)/C=c1\s/c(=C\c2ccc(C#N)cc2)c(=O)n1CC(=O)N(CC)CC. The summed E-state index contributed by atoms with van der Waals surface area (Å²) in [5, 5.41) is 8.90. The van der Waals surface area contributed by atoms with E-state index < -0.39 is 5.97 Å². The van der Waals surface area contributed by atoms with Gasteiger partial charge in [0.05, 0.1) is 28.8 Å². The molecule has 0 aliphatic rings. The van der Waals surface area contributed by atoms with Crippen LogP contribution in [0.4, 0.5) is 0 Å². The molecule has 0 radical (unpaired) electrons. The number of rotatable bonds is 7. The first-order valence-electron chi connectivity index (χ1n) is 9.31. The summed E-state index contributed by atoms with van der Waals surface area (Å²) in [6.07, 6.45) is 2.91. The van der Waals surface area contributed by atoms with Gasteiger partial charge in [-0.15, -0.1) is 11.3 Å². The number of thiazole rings is 1. The third kappa shape index (κ3) is 5.65. The van der Waals surface area contributed by atoms with Crippen LogP contribution in [0.5, 0.6) is 0 Å². The number of carbonyl (C=O) groups is 2. The molecule has 0 saturated carbocycles. The lowest BCUT2D eigenvalue weighted by molar-refractivity contribution is -0.135. The van der Waals surface area contributed by atoms with Crippen molar-refractivity contribution in [1.29, 1.82) is 5.26 Å². The molecule has 0 spiro atoms. The fourth-order valence-corrected chi connectivity index (χ4v) is 3.73. The van der Waals surface area contributed by atoms with E-state index in [4.69, 9.17) is 10.00 Å². The average Bonchev–Trinajstić information content (AvgIpc) is 2.98. The van der Waals surface area contributed by atoms with Gasteiger partial charge in [-0.2, -0.15) is 5.26 Å². The maximum absolute atomic E-state index is 12.9. The number of esters is 1. The summed E-state index contributed by atoms with van der Waals surface area (Å²) in [6.45, 7) is 6.57. The van der Waals surface area contributed by atoms with E-state index in [1.807, 2.05) is 19.9 Å². The van der Waals surface area contributed by atoms with E-state index in [2.05, 4.69) is 0 Å². The van der Waals surface area contributed by atoms with Gasteiger partial charge in [0.25, 0.3) is 5.56 Å². The van der Waals surface area contributed by atoms with Crippen molar-refractivity contribution in [3.63, 3.8) is 0 Å². The molecule has 0 fully saturated rings. The Kier molecular flexibility index (Phi) is 7.92. The molecule has 29 heavy (non-hydrogen) atoms. The topological polar surface area (TPSA) is 92.4 Å². The second-order valence-corrected chi connectivity index (χ2v) is 7.10. The molecule has 2 rings (SSSR count). The van der Waals surface area contributed by atoms with E-state index in [-0.39, 0.29) is 24.6 Å². The standard InChI is InChI=1S/C21H23N3O4S/c1-4-23(5-2)18(25)14-24-19(12-20(26)28-6-3)29-17(21(24)27)11-15-7-9-16(13-22)10-8-15/h7-12H,4-6,14H2,1-3H3/b17-11-,19-12-. The Bertz CT molecular complexity index is 1090. The number of benzene rings is 1. The van der Waals surface area contributed by atoms with E-state index >= 15 is 0 Å². The number of likely N-dealkylation sites (N-methyl/N-ethyl adjacent to an activating group) is 1. The highest BCUT2D eigenvalue weighted by atomic mass is 32.1. The molecule has 8 heteroatoms. The van der Waals surface area contributed by atoms with E-state index in [1.54, 1.807) is 42.2 Å². The highest BCUT2D eigenvalue weighted by molar-refractivity contribution is 7.07. The van der Waals surface area contributed by atoms with Crippen LogP contribution in [0.2, 0.25) is 0 Å². The van der Waals surface area contributed by atoms with Crippen LogP contribution in [-0.2, 0) is 20.9 Å². The van der Waals surface area contributed by atoms with Crippen molar-refractivity contribution < 1.29 is 14.3 Å². The maximum atomic E-state index is 12.9. The predicted octanol–water partition coefficient (Wildman–Crippen LogP) is 0.822. The van der Waals surface area contributed by atoms with E-state index in [0.29, 0.717) is 27.8 Å². The molecular formula is C21H23N3O4S. The second-order valence-electron chi connectivity index (χ2n) is 6.04. The Balaban J connectivity index is 2.56. The molecule has 0 unspecified atom stereocenters. The molecule has 1 aromatic carbocycles. The van der Waals surface area contributed by atoms with Crippen LogP contribution in [0.1, 0.15) is 31.9 Å². The molecule has 2 aromatic rings. The van der Waals surface area contributed by atoms with Crippen molar-refractivity contribution >= 4 is 35.4 Å². The molecule has 0 aliphatic heterocycles. The molecule has 152 valence electrons. The minimum atomic E-state index is -0.567. The quantitative estimate of drug-likeness (QED) is 0.627. The minimum absolute atomic E-state index is 0.149. The number of ether oxygens (including phenoxy) is 1. The summed E-state index contributed by atoms with van der Waals surface area (Å²) in [5.74, 6) is -0.763. The number of amides is 1. The summed E-state index contributed by atoms with van der Waals surface area (Å²) >= 11 is 1.12. The Morgan fingerprint density at radius 1 is 1.21 bits per heavy atom. The monoisotopic (exact) mass is 413 g/mol. The highest BCUT2D eigenvalue weighted by Gasteiger charge is 2.14. The molecule has 0 saturated heterocycles. The van der Waals surface area contributed by atoms with Gasteiger partial charge in [-0.25, -0.2) is 4.79 Å². The number of nitriles is 1. The molecule has 1 aromatic heterocycles. The number of carbonyl (C=O) groups excluding carboxylic acids is 2. The third-order valence-electron chi connectivity index (χ3n) is 4.21. The van der Waals surface area contributed by atoms with Crippen molar-refractivity contribution in [3.05, 3.63) is 54.9 Å². The van der Waals surface area contributed by atoms with Gasteiger partial charge in [-0.1, -0.05) is 12.1 Å². The maximum Gasteiger partial charge on any atom is 0.333 e.